The molecule has 118 valence electrons. The second kappa shape index (κ2) is 7.31. The Morgan fingerprint density at radius 1 is 1.29 bits per heavy atom. The van der Waals surface area contributed by atoms with Crippen LogP contribution in [0.25, 0.3) is 0 Å². The van der Waals surface area contributed by atoms with Crippen molar-refractivity contribution in [2.75, 3.05) is 33.4 Å². The molecular weight excluding hydrogens is 304 g/mol. The summed E-state index contributed by atoms with van der Waals surface area (Å²) in [5, 5.41) is 28.6. The third-order valence-corrected chi connectivity index (χ3v) is 4.58. The van der Waals surface area contributed by atoms with Crippen molar-refractivity contribution in [3.63, 3.8) is 0 Å². The largest absolute Gasteiger partial charge is 0.490 e. The van der Waals surface area contributed by atoms with Gasteiger partial charge in [-0.1, -0.05) is 0 Å². The summed E-state index contributed by atoms with van der Waals surface area (Å²) in [5.74, 6) is -0.186. The zero-order chi connectivity index (χ0) is 16.0. The Kier molecular flexibility index (Phi) is 6.03. The van der Waals surface area contributed by atoms with E-state index in [1.165, 1.54) is 7.11 Å². The van der Waals surface area contributed by atoms with Crippen molar-refractivity contribution in [3.05, 3.63) is 28.3 Å². The molecule has 0 aliphatic heterocycles. The van der Waals surface area contributed by atoms with Crippen LogP contribution < -0.4 is 4.74 Å². The maximum atomic E-state index is 12.3. The van der Waals surface area contributed by atoms with E-state index in [2.05, 4.69) is 0 Å². The lowest BCUT2D eigenvalue weighted by molar-refractivity contribution is -0.385. The van der Waals surface area contributed by atoms with E-state index < -0.39 is 28.2 Å². The van der Waals surface area contributed by atoms with E-state index in [0.717, 1.165) is 22.5 Å². The van der Waals surface area contributed by atoms with Crippen LogP contribution in [0.15, 0.2) is 23.1 Å². The van der Waals surface area contributed by atoms with Crippen molar-refractivity contribution in [2.24, 2.45) is 0 Å². The van der Waals surface area contributed by atoms with Gasteiger partial charge in [-0.05, 0) is 6.07 Å². The molecule has 0 heterocycles. The van der Waals surface area contributed by atoms with Crippen LogP contribution in [0.2, 0.25) is 0 Å². The van der Waals surface area contributed by atoms with E-state index in [9.17, 15) is 18.5 Å². The lowest BCUT2D eigenvalue weighted by atomic mass is 10.3. The van der Waals surface area contributed by atoms with Gasteiger partial charge in [-0.25, -0.2) is 8.42 Å². The van der Waals surface area contributed by atoms with Crippen molar-refractivity contribution in [1.29, 1.82) is 0 Å². The first kappa shape index (κ1) is 17.3. The lowest BCUT2D eigenvalue weighted by Gasteiger charge is -2.20. The highest BCUT2D eigenvalue weighted by Crippen LogP contribution is 2.30. The Hall–Kier alpha value is -1.75. The van der Waals surface area contributed by atoms with Gasteiger partial charge in [-0.2, -0.15) is 4.31 Å². The number of nitro benzene ring substituents is 1. The van der Waals surface area contributed by atoms with Crippen LogP contribution in [-0.2, 0) is 10.0 Å². The maximum absolute atomic E-state index is 12.3. The molecule has 0 saturated carbocycles. The summed E-state index contributed by atoms with van der Waals surface area (Å²) in [6.07, 6.45) is 0. The second-order valence-corrected chi connectivity index (χ2v) is 5.88. The Morgan fingerprint density at radius 3 is 2.29 bits per heavy atom. The molecule has 9 nitrogen and oxygen atoms in total. The van der Waals surface area contributed by atoms with Gasteiger partial charge < -0.3 is 14.9 Å². The van der Waals surface area contributed by atoms with Crippen molar-refractivity contribution in [1.82, 2.24) is 4.31 Å². The van der Waals surface area contributed by atoms with Crippen LogP contribution in [0.3, 0.4) is 0 Å². The van der Waals surface area contributed by atoms with Gasteiger partial charge in [0.05, 0.1) is 30.1 Å². The summed E-state index contributed by atoms with van der Waals surface area (Å²) < 4.78 is 30.4. The predicted molar refractivity (Wildman–Crippen MR) is 72.6 cm³/mol. The van der Waals surface area contributed by atoms with Gasteiger partial charge in [0.15, 0.2) is 5.75 Å². The number of hydrogen-bond donors (Lipinski definition) is 2. The molecule has 0 fully saturated rings. The molecule has 0 amide bonds. The summed E-state index contributed by atoms with van der Waals surface area (Å²) >= 11 is 0. The number of methoxy groups -OCH3 is 1. The number of ether oxygens (including phenoxy) is 1. The SMILES string of the molecule is COc1cc(S(=O)(=O)N(CCO)CCO)ccc1[N+](=O)[O-]. The van der Waals surface area contributed by atoms with Crippen molar-refractivity contribution >= 4 is 15.7 Å². The number of aliphatic hydroxyl groups excluding tert-OH is 2. The smallest absolute Gasteiger partial charge is 0.310 e. The van der Waals surface area contributed by atoms with Gasteiger partial charge in [0.2, 0.25) is 10.0 Å². The minimum Gasteiger partial charge on any atom is -0.490 e. The molecule has 10 heteroatoms. The van der Waals surface area contributed by atoms with Crippen LogP contribution in [0.5, 0.6) is 5.75 Å². The molecule has 21 heavy (non-hydrogen) atoms. The Labute approximate surface area is 121 Å². The van der Waals surface area contributed by atoms with Gasteiger partial charge in [-0.3, -0.25) is 10.1 Å². The molecule has 0 radical (unpaired) electrons. The molecule has 0 saturated heterocycles. The molecule has 0 aliphatic rings. The average Bonchev–Trinajstić information content (AvgIpc) is 2.46. The van der Waals surface area contributed by atoms with E-state index in [0.29, 0.717) is 0 Å². The molecule has 0 atom stereocenters. The zero-order valence-corrected chi connectivity index (χ0v) is 12.1. The summed E-state index contributed by atoms with van der Waals surface area (Å²) in [5.41, 5.74) is -0.354. The van der Waals surface area contributed by atoms with Crippen LogP contribution in [0.4, 0.5) is 5.69 Å². The van der Waals surface area contributed by atoms with Crippen molar-refractivity contribution in [2.45, 2.75) is 4.90 Å². The fourth-order valence-corrected chi connectivity index (χ4v) is 3.13. The van der Waals surface area contributed by atoms with Gasteiger partial charge in [-0.15, -0.1) is 0 Å². The average molecular weight is 320 g/mol. The summed E-state index contributed by atoms with van der Waals surface area (Å²) in [6.45, 7) is -1.21. The number of benzene rings is 1. The molecule has 0 aliphatic carbocycles. The van der Waals surface area contributed by atoms with E-state index >= 15 is 0 Å². The fraction of sp³-hybridized carbons (Fsp3) is 0.455. The Bertz CT molecular complexity index is 597. The Balaban J connectivity index is 3.27. The topological polar surface area (TPSA) is 130 Å². The number of hydrogen-bond acceptors (Lipinski definition) is 7. The Morgan fingerprint density at radius 2 is 1.86 bits per heavy atom. The maximum Gasteiger partial charge on any atom is 0.310 e. The molecule has 1 aromatic rings. The van der Waals surface area contributed by atoms with E-state index in [1.807, 2.05) is 0 Å². The van der Waals surface area contributed by atoms with E-state index in [-0.39, 0.29) is 29.4 Å². The lowest BCUT2D eigenvalue weighted by Crippen LogP contribution is -2.35. The highest BCUT2D eigenvalue weighted by molar-refractivity contribution is 7.89. The molecule has 1 rings (SSSR count). The van der Waals surface area contributed by atoms with Gasteiger partial charge in [0.1, 0.15) is 0 Å². The van der Waals surface area contributed by atoms with Gasteiger partial charge in [0, 0.05) is 25.2 Å². The number of sulfonamides is 1. The molecule has 0 aromatic heterocycles. The first-order valence-corrected chi connectivity index (χ1v) is 7.36. The third-order valence-electron chi connectivity index (χ3n) is 2.68. The monoisotopic (exact) mass is 320 g/mol. The zero-order valence-electron chi connectivity index (χ0n) is 11.3. The number of rotatable bonds is 8. The third kappa shape index (κ3) is 3.88. The van der Waals surface area contributed by atoms with Crippen LogP contribution in [0, 0.1) is 10.1 Å². The minimum atomic E-state index is -3.99. The number of nitrogens with zero attached hydrogens (tertiary/aromatic N) is 2. The van der Waals surface area contributed by atoms with Gasteiger partial charge in [0.25, 0.3) is 0 Å². The summed E-state index contributed by atoms with van der Waals surface area (Å²) in [6, 6.07) is 3.15. The van der Waals surface area contributed by atoms with Crippen molar-refractivity contribution < 1.29 is 28.3 Å². The van der Waals surface area contributed by atoms with Crippen LogP contribution >= 0.6 is 0 Å². The predicted octanol–water partition coefficient (Wildman–Crippen LogP) is -0.421. The van der Waals surface area contributed by atoms with Gasteiger partial charge >= 0.3 is 5.69 Å². The highest BCUT2D eigenvalue weighted by Gasteiger charge is 2.26. The minimum absolute atomic E-state index is 0.186. The number of aliphatic hydroxyl groups is 2. The molecule has 0 unspecified atom stereocenters. The normalized spacial score (nSPS) is 11.6. The van der Waals surface area contributed by atoms with Crippen molar-refractivity contribution in [3.8, 4) is 5.75 Å². The molecule has 1 aromatic carbocycles. The fourth-order valence-electron chi connectivity index (χ4n) is 1.69. The second-order valence-electron chi connectivity index (χ2n) is 3.94. The summed E-state index contributed by atoms with van der Waals surface area (Å²) in [7, 11) is -2.80. The van der Waals surface area contributed by atoms with E-state index in [1.54, 1.807) is 0 Å². The quantitative estimate of drug-likeness (QED) is 0.491. The number of nitro groups is 1. The highest BCUT2D eigenvalue weighted by atomic mass is 32.2. The van der Waals surface area contributed by atoms with Crippen LogP contribution in [-0.4, -0.2) is 61.3 Å². The standard InChI is InChI=1S/C11H16N2O7S/c1-20-11-8-9(2-3-10(11)13(16)17)21(18,19)12(4-6-14)5-7-15/h2-3,8,14-15H,4-7H2,1H3. The van der Waals surface area contributed by atoms with Crippen LogP contribution in [0.1, 0.15) is 0 Å². The molecule has 0 spiro atoms. The van der Waals surface area contributed by atoms with E-state index in [4.69, 9.17) is 14.9 Å². The molecule has 0 bridgehead atoms. The summed E-state index contributed by atoms with van der Waals surface area (Å²) in [4.78, 5) is 9.88. The molecular formula is C11H16N2O7S. The first-order valence-electron chi connectivity index (χ1n) is 5.92. The first-order chi connectivity index (χ1) is 9.88. The molecule has 2 N–H and O–H groups in total.